The Bertz CT molecular complexity index is 833. The van der Waals surface area contributed by atoms with Crippen LogP contribution in [0.25, 0.3) is 0 Å². The van der Waals surface area contributed by atoms with E-state index in [2.05, 4.69) is 15.5 Å². The number of hydrogen-bond acceptors (Lipinski definition) is 4. The number of amides is 1. The van der Waals surface area contributed by atoms with E-state index in [1.807, 2.05) is 30.3 Å². The summed E-state index contributed by atoms with van der Waals surface area (Å²) in [6.45, 7) is 1.68. The van der Waals surface area contributed by atoms with Gasteiger partial charge >= 0.3 is 0 Å². The van der Waals surface area contributed by atoms with Crippen molar-refractivity contribution in [1.82, 2.24) is 15.5 Å². The highest BCUT2D eigenvalue weighted by Crippen LogP contribution is 2.19. The van der Waals surface area contributed by atoms with Gasteiger partial charge in [0, 0.05) is 13.3 Å². The molecule has 0 bridgehead atoms. The number of aromatic nitrogens is 2. The first kappa shape index (κ1) is 15.9. The Balaban J connectivity index is 1.85. The Kier molecular flexibility index (Phi) is 4.65. The monoisotopic (exact) mass is 325 g/mol. The number of nitrogens with zero attached hydrogens (tertiary/aromatic N) is 2. The maximum absolute atomic E-state index is 13.8. The Morgan fingerprint density at radius 2 is 1.83 bits per heavy atom. The third-order valence-electron chi connectivity index (χ3n) is 3.55. The summed E-state index contributed by atoms with van der Waals surface area (Å²) in [5.41, 5.74) is 0.971. The lowest BCUT2D eigenvalue weighted by atomic mass is 10.1. The summed E-state index contributed by atoms with van der Waals surface area (Å²) in [4.78, 5) is 12.4. The molecule has 2 aromatic carbocycles. The van der Waals surface area contributed by atoms with Crippen molar-refractivity contribution >= 4 is 5.91 Å². The van der Waals surface area contributed by atoms with Crippen LogP contribution in [0.2, 0.25) is 0 Å². The summed E-state index contributed by atoms with van der Waals surface area (Å²) in [5, 5.41) is 10.6. The maximum atomic E-state index is 13.8. The van der Waals surface area contributed by atoms with Crippen molar-refractivity contribution in [3.63, 3.8) is 0 Å². The molecule has 0 spiro atoms. The zero-order valence-electron chi connectivity index (χ0n) is 13.1. The normalized spacial score (nSPS) is 11.9. The third-order valence-corrected chi connectivity index (χ3v) is 3.55. The molecule has 5 nitrogen and oxygen atoms in total. The van der Waals surface area contributed by atoms with Crippen LogP contribution in [0.1, 0.15) is 33.7 Å². The molecule has 0 fully saturated rings. The summed E-state index contributed by atoms with van der Waals surface area (Å²) < 4.78 is 19.3. The molecule has 1 unspecified atom stereocenters. The van der Waals surface area contributed by atoms with Crippen LogP contribution >= 0.6 is 0 Å². The van der Waals surface area contributed by atoms with Crippen molar-refractivity contribution in [3.05, 3.63) is 83.3 Å². The molecular weight excluding hydrogens is 309 g/mol. The van der Waals surface area contributed by atoms with E-state index in [1.165, 1.54) is 18.2 Å². The van der Waals surface area contributed by atoms with E-state index in [0.717, 1.165) is 5.56 Å². The average Bonchev–Trinajstić information content (AvgIpc) is 3.02. The Morgan fingerprint density at radius 3 is 2.50 bits per heavy atom. The van der Waals surface area contributed by atoms with Crippen molar-refractivity contribution in [2.24, 2.45) is 0 Å². The fourth-order valence-electron chi connectivity index (χ4n) is 2.38. The predicted octanol–water partition coefficient (Wildman–Crippen LogP) is 3.23. The Labute approximate surface area is 138 Å². The number of hydrogen-bond donors (Lipinski definition) is 1. The lowest BCUT2D eigenvalue weighted by Gasteiger charge is -2.15. The molecule has 24 heavy (non-hydrogen) atoms. The first-order valence-electron chi connectivity index (χ1n) is 7.53. The highest BCUT2D eigenvalue weighted by Gasteiger charge is 2.22. The lowest BCUT2D eigenvalue weighted by Crippen LogP contribution is -2.30. The molecule has 6 heteroatoms. The van der Waals surface area contributed by atoms with Crippen LogP contribution in [0.3, 0.4) is 0 Å². The highest BCUT2D eigenvalue weighted by molar-refractivity contribution is 5.94. The summed E-state index contributed by atoms with van der Waals surface area (Å²) in [7, 11) is 0. The first-order valence-corrected chi connectivity index (χ1v) is 7.53. The number of benzene rings is 2. The third kappa shape index (κ3) is 3.65. The van der Waals surface area contributed by atoms with Gasteiger partial charge < -0.3 is 9.73 Å². The summed E-state index contributed by atoms with van der Waals surface area (Å²) in [5.74, 6) is -0.399. The summed E-state index contributed by atoms with van der Waals surface area (Å²) in [6.07, 6.45) is 0.461. The number of carbonyl (C=O) groups excluding carboxylic acids is 1. The van der Waals surface area contributed by atoms with Crippen molar-refractivity contribution in [3.8, 4) is 0 Å². The van der Waals surface area contributed by atoms with Crippen LogP contribution in [0.4, 0.5) is 4.39 Å². The van der Waals surface area contributed by atoms with Gasteiger partial charge in [-0.15, -0.1) is 10.2 Å². The van der Waals surface area contributed by atoms with E-state index in [1.54, 1.807) is 13.0 Å². The molecule has 1 amide bonds. The molecule has 0 aliphatic heterocycles. The van der Waals surface area contributed by atoms with Crippen molar-refractivity contribution in [2.45, 2.75) is 19.4 Å². The maximum Gasteiger partial charge on any atom is 0.254 e. The van der Waals surface area contributed by atoms with Gasteiger partial charge in [-0.05, 0) is 17.7 Å². The van der Waals surface area contributed by atoms with Gasteiger partial charge in [-0.25, -0.2) is 4.39 Å². The minimum Gasteiger partial charge on any atom is -0.423 e. The largest absolute Gasteiger partial charge is 0.423 e. The molecule has 1 N–H and O–H groups in total. The van der Waals surface area contributed by atoms with Crippen LogP contribution in [0, 0.1) is 12.7 Å². The SMILES string of the molecule is Cc1nnc(C(Cc2ccccc2)NC(=O)c2ccccc2F)o1. The van der Waals surface area contributed by atoms with Crippen molar-refractivity contribution in [2.75, 3.05) is 0 Å². The molecule has 1 atom stereocenters. The van der Waals surface area contributed by atoms with Crippen molar-refractivity contribution in [1.29, 1.82) is 0 Å². The molecule has 0 radical (unpaired) electrons. The Morgan fingerprint density at radius 1 is 1.12 bits per heavy atom. The number of aryl methyl sites for hydroxylation is 1. The topological polar surface area (TPSA) is 68.0 Å². The number of rotatable bonds is 5. The molecule has 122 valence electrons. The molecule has 1 heterocycles. The van der Waals surface area contributed by atoms with Gasteiger partial charge in [-0.2, -0.15) is 0 Å². The van der Waals surface area contributed by atoms with E-state index in [9.17, 15) is 9.18 Å². The smallest absolute Gasteiger partial charge is 0.254 e. The predicted molar refractivity (Wildman–Crippen MR) is 85.8 cm³/mol. The molecule has 0 aliphatic carbocycles. The number of halogens is 1. The highest BCUT2D eigenvalue weighted by atomic mass is 19.1. The fraction of sp³-hybridized carbons (Fsp3) is 0.167. The van der Waals surface area contributed by atoms with E-state index in [0.29, 0.717) is 18.2 Å². The van der Waals surface area contributed by atoms with E-state index in [-0.39, 0.29) is 5.56 Å². The quantitative estimate of drug-likeness (QED) is 0.782. The summed E-state index contributed by atoms with van der Waals surface area (Å²) in [6, 6.07) is 14.9. The van der Waals surface area contributed by atoms with Crippen LogP contribution in [-0.2, 0) is 6.42 Å². The minimum absolute atomic E-state index is 0.0215. The molecule has 3 aromatic rings. The van der Waals surface area contributed by atoms with Gasteiger partial charge in [-0.3, -0.25) is 4.79 Å². The molecule has 0 saturated carbocycles. The average molecular weight is 325 g/mol. The molecule has 0 saturated heterocycles. The van der Waals surface area contributed by atoms with Crippen molar-refractivity contribution < 1.29 is 13.6 Å². The second kappa shape index (κ2) is 7.04. The van der Waals surface area contributed by atoms with Gasteiger partial charge in [0.2, 0.25) is 11.8 Å². The number of nitrogens with one attached hydrogen (secondary N) is 1. The van der Waals surface area contributed by atoms with Gasteiger partial charge in [0.05, 0.1) is 5.56 Å². The lowest BCUT2D eigenvalue weighted by molar-refractivity contribution is 0.0925. The van der Waals surface area contributed by atoms with Gasteiger partial charge in [0.25, 0.3) is 5.91 Å². The van der Waals surface area contributed by atoms with Gasteiger partial charge in [0.1, 0.15) is 11.9 Å². The number of carbonyl (C=O) groups is 1. The van der Waals surface area contributed by atoms with Crippen LogP contribution in [-0.4, -0.2) is 16.1 Å². The standard InChI is InChI=1S/C18H16FN3O2/c1-12-21-22-18(24-12)16(11-13-7-3-2-4-8-13)20-17(23)14-9-5-6-10-15(14)19/h2-10,16H,11H2,1H3,(H,20,23). The zero-order chi connectivity index (χ0) is 16.9. The van der Waals surface area contributed by atoms with E-state index >= 15 is 0 Å². The molecule has 3 rings (SSSR count). The minimum atomic E-state index is -0.574. The molecule has 1 aromatic heterocycles. The van der Waals surface area contributed by atoms with E-state index in [4.69, 9.17) is 4.42 Å². The molecular formula is C18H16FN3O2. The van der Waals surface area contributed by atoms with Crippen LogP contribution in [0.15, 0.2) is 59.0 Å². The van der Waals surface area contributed by atoms with Crippen LogP contribution < -0.4 is 5.32 Å². The second-order valence-electron chi connectivity index (χ2n) is 5.35. The second-order valence-corrected chi connectivity index (χ2v) is 5.35. The van der Waals surface area contributed by atoms with Crippen LogP contribution in [0.5, 0.6) is 0 Å². The van der Waals surface area contributed by atoms with Gasteiger partial charge in [0.15, 0.2) is 0 Å². The molecule has 0 aliphatic rings. The summed E-state index contributed by atoms with van der Waals surface area (Å²) >= 11 is 0. The first-order chi connectivity index (χ1) is 11.6. The Hall–Kier alpha value is -3.02. The zero-order valence-corrected chi connectivity index (χ0v) is 13.1. The van der Waals surface area contributed by atoms with Gasteiger partial charge in [-0.1, -0.05) is 42.5 Å². The van der Waals surface area contributed by atoms with E-state index < -0.39 is 17.8 Å². The fourth-order valence-corrected chi connectivity index (χ4v) is 2.38.